The number of likely N-dealkylation sites (N-methyl/N-ethyl adjacent to an activating group) is 1. The van der Waals surface area contributed by atoms with Crippen molar-refractivity contribution < 1.29 is 14.7 Å². The van der Waals surface area contributed by atoms with Crippen molar-refractivity contribution in [3.63, 3.8) is 0 Å². The molecule has 18 heavy (non-hydrogen) atoms. The third kappa shape index (κ3) is 4.52. The number of carboxylic acids is 1. The summed E-state index contributed by atoms with van der Waals surface area (Å²) in [5.74, 6) is -0.961. The lowest BCUT2D eigenvalue weighted by Crippen LogP contribution is -2.48. The topological polar surface area (TPSA) is 72.9 Å². The molecule has 0 saturated carbocycles. The summed E-state index contributed by atoms with van der Waals surface area (Å²) in [7, 11) is 2.03. The molecule has 1 aliphatic rings. The largest absolute Gasteiger partial charge is 0.480 e. The third-order valence-electron chi connectivity index (χ3n) is 3.18. The maximum Gasteiger partial charge on any atom is 0.326 e. The van der Waals surface area contributed by atoms with Gasteiger partial charge in [-0.2, -0.15) is 0 Å². The summed E-state index contributed by atoms with van der Waals surface area (Å²) in [6.45, 7) is 5.05. The van der Waals surface area contributed by atoms with Crippen molar-refractivity contribution in [1.29, 1.82) is 0 Å². The monoisotopic (exact) mass is 257 g/mol. The minimum atomic E-state index is -0.961. The number of hydrogen-bond donors (Lipinski definition) is 2. The van der Waals surface area contributed by atoms with E-state index in [1.165, 1.54) is 0 Å². The van der Waals surface area contributed by atoms with Gasteiger partial charge < -0.3 is 20.2 Å². The van der Waals surface area contributed by atoms with Gasteiger partial charge >= 0.3 is 12.0 Å². The average Bonchev–Trinajstić information content (AvgIpc) is 2.53. The number of nitrogens with zero attached hydrogens (tertiary/aromatic N) is 2. The van der Waals surface area contributed by atoms with Crippen molar-refractivity contribution in [1.82, 2.24) is 15.1 Å². The van der Waals surface area contributed by atoms with Crippen LogP contribution in [0.2, 0.25) is 0 Å². The standard InChI is InChI=1S/C12H23N3O3/c1-3-5-10(11(16)17)13-12(18)15-7-4-6-14(2)8-9-15/h10H,3-9H2,1-2H3,(H,13,18)(H,16,17)/t10-/m1/s1. The van der Waals surface area contributed by atoms with Crippen LogP contribution < -0.4 is 5.32 Å². The molecule has 0 aromatic rings. The highest BCUT2D eigenvalue weighted by Gasteiger charge is 2.23. The van der Waals surface area contributed by atoms with Crippen LogP contribution in [0.1, 0.15) is 26.2 Å². The smallest absolute Gasteiger partial charge is 0.326 e. The zero-order valence-corrected chi connectivity index (χ0v) is 11.2. The first-order valence-corrected chi connectivity index (χ1v) is 6.51. The van der Waals surface area contributed by atoms with Gasteiger partial charge in [0.2, 0.25) is 0 Å². The third-order valence-corrected chi connectivity index (χ3v) is 3.18. The fourth-order valence-corrected chi connectivity index (χ4v) is 2.04. The second-order valence-electron chi connectivity index (χ2n) is 4.77. The molecular weight excluding hydrogens is 234 g/mol. The molecule has 0 aromatic carbocycles. The first-order chi connectivity index (χ1) is 8.54. The van der Waals surface area contributed by atoms with Gasteiger partial charge in [0.1, 0.15) is 6.04 Å². The van der Waals surface area contributed by atoms with Crippen LogP contribution in [-0.2, 0) is 4.79 Å². The maximum atomic E-state index is 12.0. The SMILES string of the molecule is CCC[C@@H](NC(=O)N1CCCN(C)CC1)C(=O)O. The van der Waals surface area contributed by atoms with Crippen LogP contribution >= 0.6 is 0 Å². The summed E-state index contributed by atoms with van der Waals surface area (Å²) in [6, 6.07) is -1.03. The zero-order valence-electron chi connectivity index (χ0n) is 11.2. The predicted octanol–water partition coefficient (Wildman–Crippen LogP) is 0.587. The highest BCUT2D eigenvalue weighted by Crippen LogP contribution is 2.03. The number of carboxylic acid groups (broad SMARTS) is 1. The van der Waals surface area contributed by atoms with E-state index in [2.05, 4.69) is 10.2 Å². The van der Waals surface area contributed by atoms with E-state index in [9.17, 15) is 9.59 Å². The Bertz CT molecular complexity index is 296. The lowest BCUT2D eigenvalue weighted by molar-refractivity contribution is -0.139. The van der Waals surface area contributed by atoms with Crippen LogP contribution in [0.25, 0.3) is 0 Å². The van der Waals surface area contributed by atoms with E-state index >= 15 is 0 Å². The van der Waals surface area contributed by atoms with Gasteiger partial charge in [-0.1, -0.05) is 13.3 Å². The van der Waals surface area contributed by atoms with Crippen molar-refractivity contribution in [3.05, 3.63) is 0 Å². The van der Waals surface area contributed by atoms with E-state index in [0.29, 0.717) is 19.5 Å². The van der Waals surface area contributed by atoms with Crippen LogP contribution in [0.4, 0.5) is 4.79 Å². The number of carbonyl (C=O) groups is 2. The summed E-state index contributed by atoms with van der Waals surface area (Å²) in [4.78, 5) is 26.8. The van der Waals surface area contributed by atoms with Crippen molar-refractivity contribution >= 4 is 12.0 Å². The Morgan fingerprint density at radius 2 is 2.00 bits per heavy atom. The molecule has 0 aliphatic carbocycles. The Hall–Kier alpha value is -1.30. The van der Waals surface area contributed by atoms with E-state index < -0.39 is 12.0 Å². The molecule has 1 fully saturated rings. The van der Waals surface area contributed by atoms with Crippen molar-refractivity contribution in [2.24, 2.45) is 0 Å². The van der Waals surface area contributed by atoms with Crippen LogP contribution in [0.5, 0.6) is 0 Å². The van der Waals surface area contributed by atoms with Gasteiger partial charge in [-0.05, 0) is 26.4 Å². The second-order valence-corrected chi connectivity index (χ2v) is 4.77. The second kappa shape index (κ2) is 7.20. The normalized spacial score (nSPS) is 19.1. The number of carbonyl (C=O) groups excluding carboxylic acids is 1. The lowest BCUT2D eigenvalue weighted by Gasteiger charge is -2.23. The molecule has 1 aliphatic heterocycles. The average molecular weight is 257 g/mol. The number of urea groups is 1. The first-order valence-electron chi connectivity index (χ1n) is 6.51. The van der Waals surface area contributed by atoms with Gasteiger partial charge in [-0.3, -0.25) is 0 Å². The number of rotatable bonds is 4. The molecule has 0 spiro atoms. The summed E-state index contributed by atoms with van der Waals surface area (Å²) in [5, 5.41) is 11.6. The number of amides is 2. The summed E-state index contributed by atoms with van der Waals surface area (Å²) in [5.41, 5.74) is 0. The summed E-state index contributed by atoms with van der Waals surface area (Å²) >= 11 is 0. The Labute approximate surface area is 108 Å². The van der Waals surface area contributed by atoms with Gasteiger partial charge in [0, 0.05) is 19.6 Å². The minimum Gasteiger partial charge on any atom is -0.480 e. The Morgan fingerprint density at radius 3 is 2.61 bits per heavy atom. The van der Waals surface area contributed by atoms with Gasteiger partial charge in [-0.15, -0.1) is 0 Å². The first kappa shape index (κ1) is 14.8. The van der Waals surface area contributed by atoms with Crippen LogP contribution in [-0.4, -0.2) is 66.2 Å². The molecule has 0 bridgehead atoms. The fourth-order valence-electron chi connectivity index (χ4n) is 2.04. The molecule has 2 N–H and O–H groups in total. The van der Waals surface area contributed by atoms with Gasteiger partial charge in [0.15, 0.2) is 0 Å². The summed E-state index contributed by atoms with van der Waals surface area (Å²) in [6.07, 6.45) is 2.13. The number of aliphatic carboxylic acids is 1. The maximum absolute atomic E-state index is 12.0. The summed E-state index contributed by atoms with van der Waals surface area (Å²) < 4.78 is 0. The molecule has 1 rings (SSSR count). The van der Waals surface area contributed by atoms with E-state index in [1.807, 2.05) is 14.0 Å². The van der Waals surface area contributed by atoms with Crippen molar-refractivity contribution in [3.8, 4) is 0 Å². The highest BCUT2D eigenvalue weighted by molar-refractivity contribution is 5.82. The zero-order chi connectivity index (χ0) is 13.5. The fraction of sp³-hybridized carbons (Fsp3) is 0.833. The van der Waals surface area contributed by atoms with Crippen LogP contribution in [0.15, 0.2) is 0 Å². The Kier molecular flexibility index (Phi) is 5.91. The molecule has 0 radical (unpaired) electrons. The van der Waals surface area contributed by atoms with Gasteiger partial charge in [0.05, 0.1) is 0 Å². The molecule has 6 nitrogen and oxygen atoms in total. The molecule has 2 amide bonds. The molecule has 6 heteroatoms. The molecule has 104 valence electrons. The molecule has 1 atom stereocenters. The van der Waals surface area contributed by atoms with Gasteiger partial charge in [0.25, 0.3) is 0 Å². The molecular formula is C12H23N3O3. The molecule has 1 heterocycles. The van der Waals surface area contributed by atoms with Gasteiger partial charge in [-0.25, -0.2) is 9.59 Å². The van der Waals surface area contributed by atoms with E-state index in [0.717, 1.165) is 25.9 Å². The molecule has 0 aromatic heterocycles. The minimum absolute atomic E-state index is 0.258. The van der Waals surface area contributed by atoms with Crippen molar-refractivity contribution in [2.45, 2.75) is 32.2 Å². The predicted molar refractivity (Wildman–Crippen MR) is 68.6 cm³/mol. The molecule has 1 saturated heterocycles. The van der Waals surface area contributed by atoms with Crippen LogP contribution in [0, 0.1) is 0 Å². The number of hydrogen-bond acceptors (Lipinski definition) is 3. The van der Waals surface area contributed by atoms with E-state index in [4.69, 9.17) is 5.11 Å². The Balaban J connectivity index is 2.49. The van der Waals surface area contributed by atoms with E-state index in [1.54, 1.807) is 4.90 Å². The van der Waals surface area contributed by atoms with Crippen molar-refractivity contribution in [2.75, 3.05) is 33.2 Å². The molecule has 0 unspecified atom stereocenters. The van der Waals surface area contributed by atoms with E-state index in [-0.39, 0.29) is 6.03 Å². The quantitative estimate of drug-likeness (QED) is 0.773. The van der Waals surface area contributed by atoms with Crippen LogP contribution in [0.3, 0.4) is 0 Å². The lowest BCUT2D eigenvalue weighted by atomic mass is 10.2. The Morgan fingerprint density at radius 1 is 1.28 bits per heavy atom. The highest BCUT2D eigenvalue weighted by atomic mass is 16.4. The number of nitrogens with one attached hydrogen (secondary N) is 1.